The van der Waals surface area contributed by atoms with Crippen molar-refractivity contribution in [3.63, 3.8) is 0 Å². The first-order valence-corrected chi connectivity index (χ1v) is 23.9. The molecule has 0 aliphatic heterocycles. The van der Waals surface area contributed by atoms with E-state index in [0.717, 1.165) is 50.1 Å². The van der Waals surface area contributed by atoms with Gasteiger partial charge in [0.15, 0.2) is 23.0 Å². The van der Waals surface area contributed by atoms with Gasteiger partial charge in [0.05, 0.1) is 70.3 Å². The minimum Gasteiger partial charge on any atom is -0.497 e. The number of ketones is 2. The van der Waals surface area contributed by atoms with Gasteiger partial charge in [-0.1, -0.05) is 30.2 Å². The second-order valence-corrected chi connectivity index (χ2v) is 18.3. The number of benzene rings is 2. The van der Waals surface area contributed by atoms with Gasteiger partial charge in [0.2, 0.25) is 11.8 Å². The van der Waals surface area contributed by atoms with Gasteiger partial charge >= 0.3 is 0 Å². The maximum Gasteiger partial charge on any atom is 0.261 e. The van der Waals surface area contributed by atoms with Crippen LogP contribution in [0.5, 0.6) is 11.5 Å². The fourth-order valence-corrected chi connectivity index (χ4v) is 10.3. The van der Waals surface area contributed by atoms with Crippen LogP contribution in [0.4, 0.5) is 11.4 Å². The van der Waals surface area contributed by atoms with E-state index in [1.165, 1.54) is 28.4 Å². The summed E-state index contributed by atoms with van der Waals surface area (Å²) in [4.78, 5) is 62.2. The average Bonchev–Trinajstić information content (AvgIpc) is 3.79. The van der Waals surface area contributed by atoms with E-state index in [-0.39, 0.29) is 71.3 Å². The normalized spacial score (nSPS) is 17.5. The van der Waals surface area contributed by atoms with Crippen molar-refractivity contribution >= 4 is 57.7 Å². The molecule has 2 aromatic carbocycles. The Hall–Kier alpha value is -7.91. The number of anilines is 2. The minimum atomic E-state index is -0.512. The van der Waals surface area contributed by atoms with Crippen molar-refractivity contribution in [2.24, 2.45) is 0 Å². The molecule has 0 fully saturated rings. The molecule has 4 aliphatic carbocycles. The number of hydrogen-bond acceptors (Lipinski definition) is 13. The van der Waals surface area contributed by atoms with Crippen molar-refractivity contribution in [1.29, 1.82) is 0 Å². The van der Waals surface area contributed by atoms with Crippen LogP contribution < -0.4 is 20.1 Å². The predicted molar refractivity (Wildman–Crippen MR) is 273 cm³/mol. The van der Waals surface area contributed by atoms with Gasteiger partial charge in [-0.2, -0.15) is 0 Å². The summed E-state index contributed by atoms with van der Waals surface area (Å²) in [6, 6.07) is 18.9. The van der Waals surface area contributed by atoms with Crippen LogP contribution in [-0.2, 0) is 44.7 Å². The molecule has 364 valence electrons. The summed E-state index contributed by atoms with van der Waals surface area (Å²) in [5, 5.41) is 5.58. The molecule has 71 heavy (non-hydrogen) atoms. The van der Waals surface area contributed by atoms with Crippen LogP contribution in [0.15, 0.2) is 161 Å². The highest BCUT2D eigenvalue weighted by atomic mass is 32.2. The second kappa shape index (κ2) is 21.8. The molecule has 0 bridgehead atoms. The molecule has 15 heteroatoms. The minimum absolute atomic E-state index is 0.137. The lowest BCUT2D eigenvalue weighted by Crippen LogP contribution is -2.31. The van der Waals surface area contributed by atoms with Crippen LogP contribution in [-0.4, -0.2) is 79.9 Å². The Kier molecular flexibility index (Phi) is 15.2. The van der Waals surface area contributed by atoms with E-state index in [1.54, 1.807) is 80.0 Å². The number of nitrogens with one attached hydrogen (secondary N) is 2. The fourth-order valence-electron chi connectivity index (χ4n) is 9.21. The molecule has 2 heterocycles. The molecule has 0 saturated carbocycles. The zero-order valence-corrected chi connectivity index (χ0v) is 41.5. The first-order valence-electron chi connectivity index (χ1n) is 22.9. The van der Waals surface area contributed by atoms with Gasteiger partial charge in [-0.3, -0.25) is 29.1 Å². The Morgan fingerprint density at radius 3 is 1.82 bits per heavy atom. The number of carbonyl (C=O) groups excluding carboxylic acids is 4. The lowest BCUT2D eigenvalue weighted by atomic mass is 9.92. The van der Waals surface area contributed by atoms with Crippen LogP contribution in [0.1, 0.15) is 67.0 Å². The van der Waals surface area contributed by atoms with Gasteiger partial charge in [-0.25, -0.2) is 0 Å². The zero-order chi connectivity index (χ0) is 50.3. The van der Waals surface area contributed by atoms with Crippen molar-refractivity contribution in [2.75, 3.05) is 51.9 Å². The van der Waals surface area contributed by atoms with Gasteiger partial charge in [-0.05, 0) is 149 Å². The molecule has 0 saturated heterocycles. The van der Waals surface area contributed by atoms with Crippen LogP contribution in [0.25, 0.3) is 11.1 Å². The smallest absolute Gasteiger partial charge is 0.261 e. The number of methoxy groups -OCH3 is 5. The van der Waals surface area contributed by atoms with Crippen LogP contribution in [0, 0.1) is 0 Å². The number of aromatic nitrogens is 2. The lowest BCUT2D eigenvalue weighted by molar-refractivity contribution is -0.118. The molecule has 2 aromatic heterocycles. The average molecular weight is 975 g/mol. The van der Waals surface area contributed by atoms with Crippen molar-refractivity contribution in [3.05, 3.63) is 189 Å². The molecule has 3 atom stereocenters. The van der Waals surface area contributed by atoms with E-state index >= 15 is 0 Å². The van der Waals surface area contributed by atoms with E-state index in [2.05, 4.69) is 20.6 Å². The van der Waals surface area contributed by atoms with Gasteiger partial charge in [0, 0.05) is 24.5 Å². The predicted octanol–water partition coefficient (Wildman–Crippen LogP) is 9.73. The van der Waals surface area contributed by atoms with Crippen LogP contribution in [0.2, 0.25) is 0 Å². The molecule has 2 amide bonds. The molecule has 2 N–H and O–H groups in total. The van der Waals surface area contributed by atoms with Crippen LogP contribution in [0.3, 0.4) is 0 Å². The Bertz CT molecular complexity index is 3000. The standard InChI is InChI=1S/C56H54N4O10S/c1-9-71-55(56(64)60-35-11-10-18-57-28-35)52-32(3)43(20-34-23-49(68-7)54(63)50(24-34)69-8)41-17-15-39(26-46(41)52)70-30-37-13-12-36(29-58-37)59-51(61)27-44-31(2)42(40-16-14-38(65-4)25-45(40)44)19-33-21-47(66-5)53(62)48(22-33)67-6/h10-26,28-29,44,52,55H,9,27,30H2,1-8H3,(H,59,61)(H,60,64). The molecular formula is C56H54N4O10S. The summed E-state index contributed by atoms with van der Waals surface area (Å²) in [5.74, 6) is 1.01. The topological polar surface area (TPSA) is 174 Å². The van der Waals surface area contributed by atoms with Gasteiger partial charge < -0.3 is 39.1 Å². The Labute approximate surface area is 416 Å². The van der Waals surface area contributed by atoms with E-state index < -0.39 is 5.25 Å². The molecule has 4 aliphatic rings. The number of amides is 2. The third kappa shape index (κ3) is 10.5. The van der Waals surface area contributed by atoms with Crippen molar-refractivity contribution in [2.45, 2.75) is 50.9 Å². The molecule has 14 nitrogen and oxygen atoms in total. The Balaban J connectivity index is 1.00. The Morgan fingerprint density at radius 2 is 1.27 bits per heavy atom. The number of allylic oxidation sites excluding steroid dienone is 12. The zero-order valence-electron chi connectivity index (χ0n) is 40.7. The molecule has 3 unspecified atom stereocenters. The van der Waals surface area contributed by atoms with Gasteiger partial charge in [0.25, 0.3) is 11.6 Å². The fraction of sp³-hybridized carbons (Fsp3) is 0.250. The highest BCUT2D eigenvalue weighted by Crippen LogP contribution is 2.50. The lowest BCUT2D eigenvalue weighted by Gasteiger charge is -2.25. The number of carbonyl (C=O) groups is 4. The highest BCUT2D eigenvalue weighted by molar-refractivity contribution is 8.00. The Morgan fingerprint density at radius 1 is 0.690 bits per heavy atom. The largest absolute Gasteiger partial charge is 0.497 e. The number of thioether (sulfide) groups is 1. The number of hydrogen-bond donors (Lipinski definition) is 2. The SMILES string of the molecule is CCSC(C(=O)Nc1cccnc1)C1C(C)=C(C=C2C=C(OC)C(=O)C(OC)=C2)c2ccc(OCc3ccc(NC(=O)CC4C(C)=C(C=C5C=C(OC)C(=O)C(OC)=C5)c5ccc(OC)cc54)cn3)cc21. The summed E-state index contributed by atoms with van der Waals surface area (Å²) in [6.07, 6.45) is 15.7. The molecule has 0 spiro atoms. The summed E-state index contributed by atoms with van der Waals surface area (Å²) in [5.41, 5.74) is 10.8. The molecular weight excluding hydrogens is 921 g/mol. The molecule has 8 rings (SSSR count). The van der Waals surface area contributed by atoms with E-state index in [4.69, 9.17) is 28.4 Å². The second-order valence-electron chi connectivity index (χ2n) is 16.9. The van der Waals surface area contributed by atoms with E-state index in [0.29, 0.717) is 39.9 Å². The van der Waals surface area contributed by atoms with Crippen molar-refractivity contribution < 1.29 is 47.6 Å². The first kappa shape index (κ1) is 49.5. The third-order valence-electron chi connectivity index (χ3n) is 12.7. The summed E-state index contributed by atoms with van der Waals surface area (Å²) in [7, 11) is 7.39. The van der Waals surface area contributed by atoms with Crippen LogP contribution >= 0.6 is 11.8 Å². The summed E-state index contributed by atoms with van der Waals surface area (Å²) < 4.78 is 33.4. The number of nitrogens with zero attached hydrogens (tertiary/aromatic N) is 2. The number of fused-ring (bicyclic) bond motifs is 2. The maximum atomic E-state index is 14.1. The van der Waals surface area contributed by atoms with Gasteiger partial charge in [0.1, 0.15) is 18.1 Å². The molecule has 4 aromatic rings. The monoisotopic (exact) mass is 974 g/mol. The molecule has 0 radical (unpaired) electrons. The number of rotatable bonds is 18. The van der Waals surface area contributed by atoms with Crippen molar-refractivity contribution in [1.82, 2.24) is 9.97 Å². The first-order chi connectivity index (χ1) is 34.4. The highest BCUT2D eigenvalue weighted by Gasteiger charge is 2.39. The third-order valence-corrected chi connectivity index (χ3v) is 13.9. The summed E-state index contributed by atoms with van der Waals surface area (Å²) >= 11 is 1.55. The quantitative estimate of drug-likeness (QED) is 0.0966. The number of Topliss-reactive ketones (excluding diaryl/α,β-unsaturated/α-hetero) is 2. The summed E-state index contributed by atoms with van der Waals surface area (Å²) in [6.45, 7) is 6.20. The van der Waals surface area contributed by atoms with Gasteiger partial charge in [-0.15, -0.1) is 11.8 Å². The number of ether oxygens (including phenoxy) is 6. The van der Waals surface area contributed by atoms with E-state index in [1.807, 2.05) is 75.4 Å². The maximum absolute atomic E-state index is 14.1. The number of pyridine rings is 2. The van der Waals surface area contributed by atoms with E-state index in [9.17, 15) is 19.2 Å². The van der Waals surface area contributed by atoms with Crippen molar-refractivity contribution in [3.8, 4) is 11.5 Å².